The van der Waals surface area contributed by atoms with Crippen molar-refractivity contribution in [3.05, 3.63) is 114 Å². The van der Waals surface area contributed by atoms with Crippen LogP contribution in [-0.2, 0) is 19.1 Å². The Hall–Kier alpha value is -4.73. The predicted octanol–water partition coefficient (Wildman–Crippen LogP) is 2.71. The van der Waals surface area contributed by atoms with E-state index in [0.717, 1.165) is 5.52 Å². The molecule has 1 heterocycles. The maximum Gasteiger partial charge on any atom is 0.346 e. The quantitative estimate of drug-likeness (QED) is 0.321. The molecule has 1 aromatic heterocycles. The van der Waals surface area contributed by atoms with Crippen LogP contribution < -0.4 is 0 Å². The van der Waals surface area contributed by atoms with E-state index in [1.807, 2.05) is 30.5 Å². The first-order valence-electron chi connectivity index (χ1n) is 10.6. The van der Waals surface area contributed by atoms with E-state index < -0.39 is 36.1 Å². The lowest BCUT2D eigenvalue weighted by Crippen LogP contribution is -2.43. The SMILES string of the molecule is O=C(OC(=O)C(O)C(O)C(=O)OC(=O)c1ccccc1)c1ccccc1.c1ccc2ncccc2c1. The van der Waals surface area contributed by atoms with E-state index in [-0.39, 0.29) is 11.1 Å². The number of rotatable bonds is 5. The third-order valence-corrected chi connectivity index (χ3v) is 4.70. The van der Waals surface area contributed by atoms with Gasteiger partial charge in [-0.25, -0.2) is 19.2 Å². The van der Waals surface area contributed by atoms with E-state index in [2.05, 4.69) is 26.6 Å². The van der Waals surface area contributed by atoms with Crippen LogP contribution in [0.25, 0.3) is 10.9 Å². The molecule has 0 bridgehead atoms. The number of nitrogens with zero attached hydrogens (tertiary/aromatic N) is 1. The van der Waals surface area contributed by atoms with Crippen LogP contribution in [0.15, 0.2) is 103 Å². The number of aliphatic hydroxyl groups is 2. The first kappa shape index (κ1) is 25.9. The standard InChI is InChI=1S/C18H14O8.C9H7N/c19-13(17(23)25-15(21)11-7-3-1-4-8-11)14(20)18(24)26-16(22)12-9-5-2-6-10-12;1-2-6-9-8(4-1)5-3-7-10-9/h1-10,13-14,19-20H;1-7H. The summed E-state index contributed by atoms with van der Waals surface area (Å²) in [7, 11) is 0. The van der Waals surface area contributed by atoms with Crippen molar-refractivity contribution >= 4 is 34.8 Å². The molecule has 0 aliphatic heterocycles. The highest BCUT2D eigenvalue weighted by Gasteiger charge is 2.35. The number of esters is 4. The number of benzene rings is 3. The molecule has 9 nitrogen and oxygen atoms in total. The van der Waals surface area contributed by atoms with E-state index in [4.69, 9.17) is 0 Å². The molecule has 0 fully saturated rings. The Balaban J connectivity index is 0.000000297. The molecule has 0 spiro atoms. The summed E-state index contributed by atoms with van der Waals surface area (Å²) in [6, 6.07) is 26.9. The second kappa shape index (κ2) is 12.7. The molecule has 0 amide bonds. The monoisotopic (exact) mass is 487 g/mol. The minimum absolute atomic E-state index is 0.0318. The third-order valence-electron chi connectivity index (χ3n) is 4.70. The Labute approximate surface area is 205 Å². The number of aliphatic hydroxyl groups excluding tert-OH is 2. The molecule has 4 aromatic rings. The molecular weight excluding hydrogens is 466 g/mol. The average molecular weight is 487 g/mol. The van der Waals surface area contributed by atoms with E-state index >= 15 is 0 Å². The van der Waals surface area contributed by atoms with Crippen molar-refractivity contribution in [3.8, 4) is 0 Å². The maximum absolute atomic E-state index is 11.7. The highest BCUT2D eigenvalue weighted by atomic mass is 16.6. The van der Waals surface area contributed by atoms with Crippen LogP contribution in [0.2, 0.25) is 0 Å². The highest BCUT2D eigenvalue weighted by Crippen LogP contribution is 2.09. The molecule has 0 aliphatic carbocycles. The first-order valence-corrected chi connectivity index (χ1v) is 10.6. The molecule has 3 aromatic carbocycles. The number of ether oxygens (including phenoxy) is 2. The Morgan fingerprint density at radius 1 is 0.583 bits per heavy atom. The Morgan fingerprint density at radius 3 is 1.47 bits per heavy atom. The van der Waals surface area contributed by atoms with Crippen molar-refractivity contribution in [2.45, 2.75) is 12.2 Å². The average Bonchev–Trinajstić information content (AvgIpc) is 2.93. The smallest absolute Gasteiger partial charge is 0.346 e. The number of aromatic nitrogens is 1. The minimum Gasteiger partial charge on any atom is -0.387 e. The molecule has 0 radical (unpaired) electrons. The van der Waals surface area contributed by atoms with Gasteiger partial charge in [-0.05, 0) is 36.4 Å². The molecule has 2 unspecified atom stereocenters. The maximum atomic E-state index is 11.7. The molecule has 36 heavy (non-hydrogen) atoms. The largest absolute Gasteiger partial charge is 0.387 e. The zero-order valence-corrected chi connectivity index (χ0v) is 18.8. The molecule has 182 valence electrons. The van der Waals surface area contributed by atoms with Crippen molar-refractivity contribution in [1.82, 2.24) is 4.98 Å². The van der Waals surface area contributed by atoms with Crippen LogP contribution in [-0.4, -0.2) is 51.3 Å². The zero-order chi connectivity index (χ0) is 25.9. The Bertz CT molecular complexity index is 1210. The normalized spacial score (nSPS) is 11.8. The van der Waals surface area contributed by atoms with E-state index in [0.29, 0.717) is 0 Å². The molecule has 0 saturated carbocycles. The predicted molar refractivity (Wildman–Crippen MR) is 127 cm³/mol. The number of para-hydroxylation sites is 1. The van der Waals surface area contributed by atoms with Gasteiger partial charge in [0.05, 0.1) is 16.6 Å². The second-order valence-corrected chi connectivity index (χ2v) is 7.23. The molecule has 0 saturated heterocycles. The van der Waals surface area contributed by atoms with Gasteiger partial charge in [-0.15, -0.1) is 0 Å². The van der Waals surface area contributed by atoms with Gasteiger partial charge in [-0.1, -0.05) is 60.7 Å². The molecular formula is C27H21NO8. The molecule has 2 atom stereocenters. The van der Waals surface area contributed by atoms with Crippen LogP contribution in [0, 0.1) is 0 Å². The number of fused-ring (bicyclic) bond motifs is 1. The summed E-state index contributed by atoms with van der Waals surface area (Å²) in [6.07, 6.45) is -3.00. The molecule has 9 heteroatoms. The summed E-state index contributed by atoms with van der Waals surface area (Å²) < 4.78 is 8.76. The number of hydrogen-bond donors (Lipinski definition) is 2. The summed E-state index contributed by atoms with van der Waals surface area (Å²) in [5, 5.41) is 20.5. The van der Waals surface area contributed by atoms with Gasteiger partial charge >= 0.3 is 23.9 Å². The van der Waals surface area contributed by atoms with Gasteiger partial charge in [0.25, 0.3) is 0 Å². The minimum atomic E-state index is -2.40. The highest BCUT2D eigenvalue weighted by molar-refractivity contribution is 6.01. The van der Waals surface area contributed by atoms with Crippen LogP contribution >= 0.6 is 0 Å². The summed E-state index contributed by atoms with van der Waals surface area (Å²) in [6.45, 7) is 0. The van der Waals surface area contributed by atoms with Gasteiger partial charge in [-0.3, -0.25) is 4.98 Å². The zero-order valence-electron chi connectivity index (χ0n) is 18.8. The summed E-state index contributed by atoms with van der Waals surface area (Å²) in [5.41, 5.74) is 1.12. The second-order valence-electron chi connectivity index (χ2n) is 7.23. The Kier molecular flexibility index (Phi) is 9.10. The van der Waals surface area contributed by atoms with Crippen LogP contribution in [0.5, 0.6) is 0 Å². The van der Waals surface area contributed by atoms with E-state index in [1.165, 1.54) is 53.9 Å². The van der Waals surface area contributed by atoms with E-state index in [9.17, 15) is 29.4 Å². The number of hydrogen-bond acceptors (Lipinski definition) is 9. The number of pyridine rings is 1. The van der Waals surface area contributed by atoms with Crippen molar-refractivity contribution in [2.75, 3.05) is 0 Å². The molecule has 2 N–H and O–H groups in total. The third kappa shape index (κ3) is 7.13. The van der Waals surface area contributed by atoms with Gasteiger partial charge < -0.3 is 19.7 Å². The van der Waals surface area contributed by atoms with Crippen molar-refractivity contribution in [3.63, 3.8) is 0 Å². The van der Waals surface area contributed by atoms with Crippen molar-refractivity contribution in [2.24, 2.45) is 0 Å². The van der Waals surface area contributed by atoms with Crippen LogP contribution in [0.4, 0.5) is 0 Å². The van der Waals surface area contributed by atoms with Crippen molar-refractivity contribution in [1.29, 1.82) is 0 Å². The first-order chi connectivity index (χ1) is 17.4. The fraction of sp³-hybridized carbons (Fsp3) is 0.0741. The van der Waals surface area contributed by atoms with Crippen molar-refractivity contribution < 1.29 is 38.9 Å². The van der Waals surface area contributed by atoms with Crippen LogP contribution in [0.1, 0.15) is 20.7 Å². The topological polar surface area (TPSA) is 140 Å². The lowest BCUT2D eigenvalue weighted by molar-refractivity contribution is -0.166. The molecule has 4 rings (SSSR count). The summed E-state index contributed by atoms with van der Waals surface area (Å²) in [4.78, 5) is 51.0. The van der Waals surface area contributed by atoms with Gasteiger partial charge in [0.2, 0.25) is 0 Å². The fourth-order valence-corrected chi connectivity index (χ4v) is 2.84. The van der Waals surface area contributed by atoms with E-state index in [1.54, 1.807) is 12.1 Å². The fourth-order valence-electron chi connectivity index (χ4n) is 2.84. The van der Waals surface area contributed by atoms with Gasteiger partial charge in [0.1, 0.15) is 0 Å². The van der Waals surface area contributed by atoms with Gasteiger partial charge in [0.15, 0.2) is 12.2 Å². The number of carbonyl (C=O) groups is 4. The van der Waals surface area contributed by atoms with Crippen LogP contribution in [0.3, 0.4) is 0 Å². The summed E-state index contributed by atoms with van der Waals surface area (Å²) >= 11 is 0. The van der Waals surface area contributed by atoms with Gasteiger partial charge in [-0.2, -0.15) is 0 Å². The lowest BCUT2D eigenvalue weighted by Gasteiger charge is -2.14. The Morgan fingerprint density at radius 2 is 1.00 bits per heavy atom. The molecule has 0 aliphatic rings. The summed E-state index contributed by atoms with van der Waals surface area (Å²) in [5.74, 6) is -5.27. The number of carbonyl (C=O) groups excluding carboxylic acids is 4. The lowest BCUT2D eigenvalue weighted by atomic mass is 10.2. The van der Waals surface area contributed by atoms with Gasteiger partial charge in [0, 0.05) is 11.6 Å².